The summed E-state index contributed by atoms with van der Waals surface area (Å²) in [6, 6.07) is 5.99. The summed E-state index contributed by atoms with van der Waals surface area (Å²) in [7, 11) is 1.47. The first-order valence-corrected chi connectivity index (χ1v) is 6.81. The summed E-state index contributed by atoms with van der Waals surface area (Å²) in [6.45, 7) is 1.71. The van der Waals surface area contributed by atoms with Crippen molar-refractivity contribution in [2.75, 3.05) is 7.11 Å². The Hall–Kier alpha value is -2.60. The predicted molar refractivity (Wildman–Crippen MR) is 83.1 cm³/mol. The number of ether oxygens (including phenoxy) is 1. The van der Waals surface area contributed by atoms with Crippen molar-refractivity contribution in [3.63, 3.8) is 0 Å². The maximum absolute atomic E-state index is 12.8. The summed E-state index contributed by atoms with van der Waals surface area (Å²) in [6.07, 6.45) is 1.46. The molecule has 2 aromatic heterocycles. The van der Waals surface area contributed by atoms with Crippen molar-refractivity contribution >= 4 is 22.5 Å². The number of phenolic OH excluding ortho intramolecular Hbond substituents is 1. The Balaban J connectivity index is 2.39. The second-order valence-corrected chi connectivity index (χ2v) is 5.07. The molecular formula is C15H12ClN3O3. The third-order valence-electron chi connectivity index (χ3n) is 3.29. The number of aryl methyl sites for hydroxylation is 1. The normalized spacial score (nSPS) is 10.9. The molecule has 6 nitrogen and oxygen atoms in total. The van der Waals surface area contributed by atoms with E-state index in [-0.39, 0.29) is 16.5 Å². The van der Waals surface area contributed by atoms with Crippen LogP contribution in [0.25, 0.3) is 16.6 Å². The Morgan fingerprint density at radius 1 is 1.32 bits per heavy atom. The van der Waals surface area contributed by atoms with Gasteiger partial charge in [0.2, 0.25) is 0 Å². The first-order valence-electron chi connectivity index (χ1n) is 6.43. The smallest absolute Gasteiger partial charge is 0.266 e. The van der Waals surface area contributed by atoms with E-state index in [2.05, 4.69) is 9.97 Å². The van der Waals surface area contributed by atoms with E-state index >= 15 is 0 Å². The molecule has 0 amide bonds. The van der Waals surface area contributed by atoms with E-state index < -0.39 is 0 Å². The maximum Gasteiger partial charge on any atom is 0.266 e. The molecule has 0 bridgehead atoms. The van der Waals surface area contributed by atoms with Crippen LogP contribution in [-0.2, 0) is 0 Å². The van der Waals surface area contributed by atoms with Gasteiger partial charge in [0.05, 0.1) is 29.9 Å². The summed E-state index contributed by atoms with van der Waals surface area (Å²) in [5, 5.41) is 10.1. The number of aromatic nitrogens is 3. The number of phenols is 1. The molecule has 22 heavy (non-hydrogen) atoms. The van der Waals surface area contributed by atoms with Gasteiger partial charge in [0.1, 0.15) is 22.5 Å². The van der Waals surface area contributed by atoms with Gasteiger partial charge in [0.15, 0.2) is 0 Å². The highest BCUT2D eigenvalue weighted by Gasteiger charge is 2.14. The Bertz CT molecular complexity index is 937. The summed E-state index contributed by atoms with van der Waals surface area (Å²) < 4.78 is 6.65. The van der Waals surface area contributed by atoms with Crippen molar-refractivity contribution in [3.05, 3.63) is 51.8 Å². The minimum atomic E-state index is -0.282. The predicted octanol–water partition coefficient (Wildman–Crippen LogP) is 2.46. The van der Waals surface area contributed by atoms with Gasteiger partial charge in [0.25, 0.3) is 5.56 Å². The van der Waals surface area contributed by atoms with Crippen LogP contribution in [0.4, 0.5) is 0 Å². The molecule has 0 aliphatic carbocycles. The molecule has 7 heteroatoms. The standard InChI is InChI=1S/C15H12ClN3O3/c1-8-18-11-7-17-14(16)6-10(11)15(21)19(8)12-4-3-9(20)5-13(12)22-2/h3-7,20H,1-2H3. The molecule has 0 saturated heterocycles. The van der Waals surface area contributed by atoms with E-state index in [9.17, 15) is 9.90 Å². The van der Waals surface area contributed by atoms with Gasteiger partial charge < -0.3 is 9.84 Å². The van der Waals surface area contributed by atoms with Crippen LogP contribution in [0, 0.1) is 6.92 Å². The second-order valence-electron chi connectivity index (χ2n) is 4.68. The summed E-state index contributed by atoms with van der Waals surface area (Å²) in [4.78, 5) is 21.1. The molecule has 0 unspecified atom stereocenters. The van der Waals surface area contributed by atoms with Crippen LogP contribution in [-0.4, -0.2) is 26.8 Å². The zero-order valence-electron chi connectivity index (χ0n) is 11.9. The van der Waals surface area contributed by atoms with E-state index in [1.54, 1.807) is 13.0 Å². The molecule has 2 heterocycles. The quantitative estimate of drug-likeness (QED) is 0.735. The highest BCUT2D eigenvalue weighted by Crippen LogP contribution is 2.27. The number of hydrogen-bond acceptors (Lipinski definition) is 5. The lowest BCUT2D eigenvalue weighted by Gasteiger charge is -2.14. The van der Waals surface area contributed by atoms with Crippen molar-refractivity contribution in [2.24, 2.45) is 0 Å². The molecule has 0 spiro atoms. The molecule has 1 aromatic carbocycles. The van der Waals surface area contributed by atoms with Crippen LogP contribution in [0.2, 0.25) is 5.15 Å². The SMILES string of the molecule is COc1cc(O)ccc1-n1c(C)nc2cnc(Cl)cc2c1=O. The van der Waals surface area contributed by atoms with E-state index in [0.29, 0.717) is 28.2 Å². The minimum absolute atomic E-state index is 0.0484. The van der Waals surface area contributed by atoms with Gasteiger partial charge in [-0.05, 0) is 25.1 Å². The largest absolute Gasteiger partial charge is 0.508 e. The lowest BCUT2D eigenvalue weighted by atomic mass is 10.2. The molecule has 0 saturated carbocycles. The zero-order chi connectivity index (χ0) is 15.9. The lowest BCUT2D eigenvalue weighted by Crippen LogP contribution is -2.22. The highest BCUT2D eigenvalue weighted by atomic mass is 35.5. The molecular weight excluding hydrogens is 306 g/mol. The average molecular weight is 318 g/mol. The average Bonchev–Trinajstić information content (AvgIpc) is 2.49. The van der Waals surface area contributed by atoms with Crippen molar-refractivity contribution in [3.8, 4) is 17.2 Å². The molecule has 0 radical (unpaired) electrons. The monoisotopic (exact) mass is 317 g/mol. The fraction of sp³-hybridized carbons (Fsp3) is 0.133. The fourth-order valence-electron chi connectivity index (χ4n) is 2.31. The van der Waals surface area contributed by atoms with E-state index in [1.807, 2.05) is 0 Å². The number of aromatic hydroxyl groups is 1. The van der Waals surface area contributed by atoms with Crippen molar-refractivity contribution in [1.82, 2.24) is 14.5 Å². The Labute approximate surface area is 130 Å². The van der Waals surface area contributed by atoms with Crippen LogP contribution in [0.3, 0.4) is 0 Å². The molecule has 0 fully saturated rings. The number of methoxy groups -OCH3 is 1. The van der Waals surface area contributed by atoms with E-state index in [4.69, 9.17) is 16.3 Å². The van der Waals surface area contributed by atoms with Gasteiger partial charge in [-0.25, -0.2) is 9.97 Å². The number of halogens is 1. The minimum Gasteiger partial charge on any atom is -0.508 e. The van der Waals surface area contributed by atoms with Crippen LogP contribution >= 0.6 is 11.6 Å². The Morgan fingerprint density at radius 2 is 2.09 bits per heavy atom. The van der Waals surface area contributed by atoms with Crippen molar-refractivity contribution in [2.45, 2.75) is 6.92 Å². The Kier molecular flexibility index (Phi) is 3.46. The third kappa shape index (κ3) is 2.27. The van der Waals surface area contributed by atoms with Gasteiger partial charge in [0, 0.05) is 6.07 Å². The molecule has 0 atom stereocenters. The van der Waals surface area contributed by atoms with Crippen molar-refractivity contribution < 1.29 is 9.84 Å². The topological polar surface area (TPSA) is 77.2 Å². The highest BCUT2D eigenvalue weighted by molar-refractivity contribution is 6.30. The molecule has 1 N–H and O–H groups in total. The molecule has 3 aromatic rings. The van der Waals surface area contributed by atoms with Gasteiger partial charge in [-0.1, -0.05) is 11.6 Å². The molecule has 3 rings (SSSR count). The van der Waals surface area contributed by atoms with Gasteiger partial charge in [-0.2, -0.15) is 0 Å². The third-order valence-corrected chi connectivity index (χ3v) is 3.50. The maximum atomic E-state index is 12.8. The van der Waals surface area contributed by atoms with E-state index in [0.717, 1.165) is 0 Å². The summed E-state index contributed by atoms with van der Waals surface area (Å²) >= 11 is 5.86. The molecule has 0 aliphatic heterocycles. The number of pyridine rings is 1. The first kappa shape index (κ1) is 14.3. The van der Waals surface area contributed by atoms with Crippen molar-refractivity contribution in [1.29, 1.82) is 0 Å². The summed E-state index contributed by atoms with van der Waals surface area (Å²) in [5.41, 5.74) is 0.682. The van der Waals surface area contributed by atoms with E-state index in [1.165, 1.54) is 36.1 Å². The Morgan fingerprint density at radius 3 is 2.82 bits per heavy atom. The fourth-order valence-corrected chi connectivity index (χ4v) is 2.47. The van der Waals surface area contributed by atoms with Crippen LogP contribution < -0.4 is 10.3 Å². The van der Waals surface area contributed by atoms with Gasteiger partial charge in [-0.3, -0.25) is 9.36 Å². The number of hydrogen-bond donors (Lipinski definition) is 1. The van der Waals surface area contributed by atoms with Gasteiger partial charge >= 0.3 is 0 Å². The molecule has 112 valence electrons. The number of nitrogens with zero attached hydrogens (tertiary/aromatic N) is 3. The second kappa shape index (κ2) is 5.31. The van der Waals surface area contributed by atoms with Crippen LogP contribution in [0.15, 0.2) is 35.3 Å². The molecule has 0 aliphatic rings. The number of fused-ring (bicyclic) bond motifs is 1. The zero-order valence-corrected chi connectivity index (χ0v) is 12.6. The lowest BCUT2D eigenvalue weighted by molar-refractivity contribution is 0.405. The summed E-state index contributed by atoms with van der Waals surface area (Å²) in [5.74, 6) is 0.893. The van der Waals surface area contributed by atoms with Gasteiger partial charge in [-0.15, -0.1) is 0 Å². The number of benzene rings is 1. The van der Waals surface area contributed by atoms with Crippen LogP contribution in [0.5, 0.6) is 11.5 Å². The number of rotatable bonds is 2. The first-order chi connectivity index (χ1) is 10.5. The van der Waals surface area contributed by atoms with Crippen LogP contribution in [0.1, 0.15) is 5.82 Å².